The number of rotatable bonds is 4. The third-order valence-electron chi connectivity index (χ3n) is 1.01. The van der Waals surface area contributed by atoms with Gasteiger partial charge in [-0.15, -0.1) is 0 Å². The van der Waals surface area contributed by atoms with Crippen LogP contribution < -0.4 is 0 Å². The Hall–Kier alpha value is 1.47. The van der Waals surface area contributed by atoms with E-state index in [0.29, 0.717) is 6.61 Å². The maximum atomic E-state index is 8.74. The second-order valence-corrected chi connectivity index (χ2v) is 3.13. The summed E-state index contributed by atoms with van der Waals surface area (Å²) in [5.41, 5.74) is 0. The van der Waals surface area contributed by atoms with Crippen molar-refractivity contribution < 1.29 is 22.6 Å². The molecule has 7 heteroatoms. The van der Waals surface area contributed by atoms with E-state index in [0.717, 1.165) is 6.42 Å². The fourth-order valence-corrected chi connectivity index (χ4v) is 0.539. The third kappa shape index (κ3) is 59.3. The van der Waals surface area contributed by atoms with Crippen LogP contribution in [0.15, 0.2) is 0 Å². The molecule has 3 N–H and O–H groups in total. The van der Waals surface area contributed by atoms with Crippen LogP contribution in [0.4, 0.5) is 0 Å². The molecule has 0 aromatic rings. The molecule has 0 unspecified atom stereocenters. The Morgan fingerprint density at radius 1 is 1.08 bits per heavy atom. The van der Waals surface area contributed by atoms with E-state index in [2.05, 4.69) is 6.92 Å². The predicted molar refractivity (Wildman–Crippen MR) is 52.6 cm³/mol. The summed E-state index contributed by atoms with van der Waals surface area (Å²) in [6, 6.07) is 0. The summed E-state index contributed by atoms with van der Waals surface area (Å²) in [6.45, 7) is 2.53. The number of aliphatic hydroxyl groups is 1. The first-order chi connectivity index (χ1) is 5.41. The molecular formula is C6H17KO5S. The van der Waals surface area contributed by atoms with Crippen molar-refractivity contribution in [3.8, 4) is 0 Å². The molecule has 0 amide bonds. The van der Waals surface area contributed by atoms with Crippen LogP contribution in [0.25, 0.3) is 0 Å². The van der Waals surface area contributed by atoms with Crippen molar-refractivity contribution in [3.63, 3.8) is 0 Å². The summed E-state index contributed by atoms with van der Waals surface area (Å²) in [6.07, 6.45) is 4.68. The van der Waals surface area contributed by atoms with Crippen molar-refractivity contribution >= 4 is 61.8 Å². The van der Waals surface area contributed by atoms with Crippen molar-refractivity contribution in [1.29, 1.82) is 0 Å². The van der Waals surface area contributed by atoms with Gasteiger partial charge in [0.15, 0.2) is 0 Å². The summed E-state index contributed by atoms with van der Waals surface area (Å²) in [7, 11) is -4.67. The minimum absolute atomic E-state index is 0. The first kappa shape index (κ1) is 20.0. The summed E-state index contributed by atoms with van der Waals surface area (Å²) >= 11 is 0. The molecule has 0 radical (unpaired) electrons. The Morgan fingerprint density at radius 2 is 1.46 bits per heavy atom. The average molecular weight is 240 g/mol. The van der Waals surface area contributed by atoms with Gasteiger partial charge in [0.05, 0.1) is 0 Å². The number of aliphatic hydroxyl groups excluding tert-OH is 1. The van der Waals surface area contributed by atoms with Crippen LogP contribution in [-0.4, -0.2) is 80.6 Å². The van der Waals surface area contributed by atoms with Crippen LogP contribution in [0.3, 0.4) is 0 Å². The quantitative estimate of drug-likeness (QED) is 0.372. The summed E-state index contributed by atoms with van der Waals surface area (Å²) in [5.74, 6) is 0. The molecule has 0 aromatic carbocycles. The van der Waals surface area contributed by atoms with E-state index in [9.17, 15) is 0 Å². The molecular weight excluding hydrogens is 223 g/mol. The first-order valence-electron chi connectivity index (χ1n) is 3.72. The number of hydrogen-bond acceptors (Lipinski definition) is 3. The van der Waals surface area contributed by atoms with Gasteiger partial charge in [0.2, 0.25) is 0 Å². The number of hydrogen-bond donors (Lipinski definition) is 3. The minimum atomic E-state index is -4.67. The van der Waals surface area contributed by atoms with Crippen LogP contribution in [0.5, 0.6) is 0 Å². The normalized spacial score (nSPS) is 9.54. The molecule has 0 fully saturated rings. The molecule has 78 valence electrons. The molecule has 0 spiro atoms. The summed E-state index contributed by atoms with van der Waals surface area (Å²) in [5, 5.41) is 8.29. The Morgan fingerprint density at radius 3 is 1.69 bits per heavy atom. The van der Waals surface area contributed by atoms with Gasteiger partial charge in [-0.3, -0.25) is 9.11 Å². The van der Waals surface area contributed by atoms with Crippen LogP contribution in [0.1, 0.15) is 32.6 Å². The van der Waals surface area contributed by atoms with Crippen LogP contribution in [-0.2, 0) is 10.4 Å². The topological polar surface area (TPSA) is 94.8 Å². The molecule has 13 heavy (non-hydrogen) atoms. The molecule has 5 nitrogen and oxygen atoms in total. The van der Waals surface area contributed by atoms with Gasteiger partial charge in [-0.1, -0.05) is 26.2 Å². The SMILES string of the molecule is CCCCCCO.O=S(=O)(O)O.[KH]. The predicted octanol–water partition coefficient (Wildman–Crippen LogP) is 0.258. The number of unbranched alkanes of at least 4 members (excludes halogenated alkanes) is 3. The van der Waals surface area contributed by atoms with Crippen LogP contribution in [0, 0.1) is 0 Å². The van der Waals surface area contributed by atoms with Gasteiger partial charge in [0, 0.05) is 6.61 Å². The van der Waals surface area contributed by atoms with Crippen LogP contribution in [0.2, 0.25) is 0 Å². The molecule has 0 saturated carbocycles. The zero-order valence-electron chi connectivity index (χ0n) is 7.10. The molecule has 0 aliphatic carbocycles. The first-order valence-corrected chi connectivity index (χ1v) is 5.12. The van der Waals surface area contributed by atoms with E-state index in [4.69, 9.17) is 22.6 Å². The van der Waals surface area contributed by atoms with E-state index in [1.54, 1.807) is 0 Å². The molecule has 0 aliphatic rings. The van der Waals surface area contributed by atoms with Gasteiger partial charge < -0.3 is 5.11 Å². The van der Waals surface area contributed by atoms with Crippen molar-refractivity contribution in [3.05, 3.63) is 0 Å². The zero-order chi connectivity index (χ0) is 10.0. The van der Waals surface area contributed by atoms with E-state index < -0.39 is 10.4 Å². The van der Waals surface area contributed by atoms with Gasteiger partial charge >= 0.3 is 61.8 Å². The molecule has 0 aromatic heterocycles. The Balaban J connectivity index is -0.000000150. The second kappa shape index (κ2) is 13.5. The Bertz CT molecular complexity index is 156. The van der Waals surface area contributed by atoms with E-state index in [1.807, 2.05) is 0 Å². The molecule has 0 heterocycles. The fraction of sp³-hybridized carbons (Fsp3) is 1.00. The average Bonchev–Trinajstić information content (AvgIpc) is 1.85. The van der Waals surface area contributed by atoms with E-state index >= 15 is 0 Å². The van der Waals surface area contributed by atoms with Gasteiger partial charge in [0.25, 0.3) is 0 Å². The third-order valence-corrected chi connectivity index (χ3v) is 1.01. The summed E-state index contributed by atoms with van der Waals surface area (Å²) < 4.78 is 31.6. The Kier molecular flexibility index (Phi) is 20.7. The molecule has 0 atom stereocenters. The van der Waals surface area contributed by atoms with Crippen LogP contribution >= 0.6 is 0 Å². The van der Waals surface area contributed by atoms with Gasteiger partial charge in [-0.25, -0.2) is 0 Å². The second-order valence-electron chi connectivity index (χ2n) is 2.23. The molecule has 0 aliphatic heterocycles. The van der Waals surface area contributed by atoms with Crippen molar-refractivity contribution in [2.24, 2.45) is 0 Å². The monoisotopic (exact) mass is 240 g/mol. The van der Waals surface area contributed by atoms with Gasteiger partial charge in [0.1, 0.15) is 0 Å². The molecule has 0 bridgehead atoms. The molecule has 0 rings (SSSR count). The summed E-state index contributed by atoms with van der Waals surface area (Å²) in [4.78, 5) is 0. The van der Waals surface area contributed by atoms with Crippen molar-refractivity contribution in [2.75, 3.05) is 6.61 Å². The fourth-order valence-electron chi connectivity index (χ4n) is 0.539. The van der Waals surface area contributed by atoms with E-state index in [1.165, 1.54) is 19.3 Å². The van der Waals surface area contributed by atoms with Crippen molar-refractivity contribution in [2.45, 2.75) is 32.6 Å². The van der Waals surface area contributed by atoms with Crippen molar-refractivity contribution in [1.82, 2.24) is 0 Å². The maximum absolute atomic E-state index is 8.74. The van der Waals surface area contributed by atoms with E-state index in [-0.39, 0.29) is 51.4 Å². The van der Waals surface area contributed by atoms with Gasteiger partial charge in [-0.2, -0.15) is 8.42 Å². The zero-order valence-corrected chi connectivity index (χ0v) is 7.92. The van der Waals surface area contributed by atoms with Gasteiger partial charge in [-0.05, 0) is 6.42 Å². The Labute approximate surface area is 122 Å². The molecule has 0 saturated heterocycles. The standard InChI is InChI=1S/C6H14O.K.H2O4S.H/c1-2-3-4-5-6-7;;1-5(2,3)4;/h7H,2-6H2,1H3;;(H2,1,2,3,4);.